The first kappa shape index (κ1) is 29.5. The molecular weight excluding hydrogens is 619 g/mol. The molecule has 0 spiro atoms. The highest BCUT2D eigenvalue weighted by Gasteiger charge is 2.56. The van der Waals surface area contributed by atoms with Crippen LogP contribution in [0.25, 0.3) is 0 Å². The predicted molar refractivity (Wildman–Crippen MR) is 157 cm³/mol. The van der Waals surface area contributed by atoms with Gasteiger partial charge in [0, 0.05) is 10.8 Å². The number of aromatic amines is 1. The second-order valence-electron chi connectivity index (χ2n) is 9.91. The number of nitrogens with one attached hydrogen (secondary N) is 2. The van der Waals surface area contributed by atoms with Gasteiger partial charge in [0.15, 0.2) is 6.61 Å². The van der Waals surface area contributed by atoms with E-state index in [1.165, 1.54) is 19.2 Å². The maximum Gasteiger partial charge on any atom is 0.418 e. The van der Waals surface area contributed by atoms with Crippen LogP contribution in [0.1, 0.15) is 21.9 Å². The van der Waals surface area contributed by atoms with Gasteiger partial charge in [-0.15, -0.1) is 0 Å². The first-order valence-corrected chi connectivity index (χ1v) is 14.8. The minimum atomic E-state index is -4.65. The minimum Gasteiger partial charge on any atom is -0.497 e. The van der Waals surface area contributed by atoms with Crippen molar-refractivity contribution in [3.63, 3.8) is 0 Å². The molecule has 2 aliphatic heterocycles. The number of hydrogen-bond acceptors (Lipinski definition) is 8. The molecule has 3 amide bonds. The lowest BCUT2D eigenvalue weighted by molar-refractivity contribution is -0.137. The van der Waals surface area contributed by atoms with Crippen molar-refractivity contribution in [2.75, 3.05) is 23.9 Å². The first-order valence-electron chi connectivity index (χ1n) is 13.2. The summed E-state index contributed by atoms with van der Waals surface area (Å²) in [6.45, 7) is -0.590. The monoisotopic (exact) mass is 641 g/mol. The van der Waals surface area contributed by atoms with E-state index in [0.717, 1.165) is 40.1 Å². The average molecular weight is 642 g/mol. The molecule has 9 nitrogen and oxygen atoms in total. The van der Waals surface area contributed by atoms with Crippen LogP contribution < -0.4 is 24.6 Å². The molecule has 0 radical (unpaired) electrons. The number of fused-ring (bicyclic) bond motifs is 2. The van der Waals surface area contributed by atoms with Gasteiger partial charge >= 0.3 is 11.0 Å². The van der Waals surface area contributed by atoms with E-state index in [9.17, 15) is 32.3 Å². The van der Waals surface area contributed by atoms with Crippen molar-refractivity contribution in [2.24, 2.45) is 5.92 Å². The van der Waals surface area contributed by atoms with E-state index in [4.69, 9.17) is 9.47 Å². The Bertz CT molecular complexity index is 1820. The summed E-state index contributed by atoms with van der Waals surface area (Å²) in [6, 6.07) is 17.7. The quantitative estimate of drug-likeness (QED) is 0.264. The molecule has 2 unspecified atom stereocenters. The summed E-state index contributed by atoms with van der Waals surface area (Å²) >= 11 is 2.09. The van der Waals surface area contributed by atoms with Crippen LogP contribution in [0.2, 0.25) is 0 Å². The number of thioether (sulfide) groups is 1. The molecule has 1 saturated heterocycles. The van der Waals surface area contributed by atoms with Crippen LogP contribution in [0.15, 0.2) is 82.6 Å². The maximum atomic E-state index is 13.9. The van der Waals surface area contributed by atoms with E-state index in [1.54, 1.807) is 48.5 Å². The van der Waals surface area contributed by atoms with E-state index in [2.05, 4.69) is 10.3 Å². The number of aromatic nitrogens is 1. The highest BCUT2D eigenvalue weighted by Crippen LogP contribution is 2.53. The Kier molecular flexibility index (Phi) is 7.72. The van der Waals surface area contributed by atoms with Crippen molar-refractivity contribution >= 4 is 52.2 Å². The molecule has 4 aromatic rings. The first-order chi connectivity index (χ1) is 21.0. The van der Waals surface area contributed by atoms with Crippen LogP contribution in [0.5, 0.6) is 11.5 Å². The zero-order chi connectivity index (χ0) is 31.2. The minimum absolute atomic E-state index is 0.213. The van der Waals surface area contributed by atoms with Crippen LogP contribution in [-0.4, -0.2) is 41.7 Å². The van der Waals surface area contributed by atoms with Gasteiger partial charge in [-0.2, -0.15) is 13.2 Å². The third-order valence-electron chi connectivity index (χ3n) is 7.25. The summed E-state index contributed by atoms with van der Waals surface area (Å²) in [5, 5.41) is 1.92. The number of halogens is 3. The standard InChI is InChI=1S/C30H22F3N3O6S2/c1-41-17-11-9-16(10-12-17)36-27(38)23-22(24-26(35-29(40)44-24)43-25(23)28(36)39)15-5-4-6-18(13-15)42-14-21(37)34-20-8-3-2-7-19(20)30(31,32)33/h2-13,22-23,25H,14H2,1H3,(H,34,37)(H,35,40)/t22-,23?,25?/m1/s1. The molecule has 0 aliphatic carbocycles. The van der Waals surface area contributed by atoms with Gasteiger partial charge in [0.05, 0.1) is 35.0 Å². The number of para-hydroxylation sites is 1. The molecular formula is C30H22F3N3O6S2. The molecule has 2 N–H and O–H groups in total. The van der Waals surface area contributed by atoms with Gasteiger partial charge in [0.1, 0.15) is 16.7 Å². The number of ether oxygens (including phenoxy) is 2. The number of alkyl halides is 3. The fourth-order valence-electron chi connectivity index (χ4n) is 5.33. The van der Waals surface area contributed by atoms with Crippen molar-refractivity contribution in [3.8, 4) is 11.5 Å². The van der Waals surface area contributed by atoms with Gasteiger partial charge in [-0.3, -0.25) is 19.2 Å². The van der Waals surface area contributed by atoms with Crippen LogP contribution in [0, 0.1) is 5.92 Å². The summed E-state index contributed by atoms with van der Waals surface area (Å²) < 4.78 is 50.8. The number of carbonyl (C=O) groups is 3. The molecule has 3 atom stereocenters. The number of H-pyrrole nitrogens is 1. The Morgan fingerprint density at radius 2 is 1.73 bits per heavy atom. The molecule has 3 heterocycles. The second-order valence-corrected chi connectivity index (χ2v) is 12.1. The third kappa shape index (κ3) is 5.46. The van der Waals surface area contributed by atoms with Crippen LogP contribution in [-0.2, 0) is 20.6 Å². The zero-order valence-electron chi connectivity index (χ0n) is 22.7. The van der Waals surface area contributed by atoms with Crippen molar-refractivity contribution in [2.45, 2.75) is 22.4 Å². The Morgan fingerprint density at radius 3 is 2.45 bits per heavy atom. The molecule has 1 fully saturated rings. The van der Waals surface area contributed by atoms with Gasteiger partial charge < -0.3 is 19.8 Å². The Morgan fingerprint density at radius 1 is 0.977 bits per heavy atom. The van der Waals surface area contributed by atoms with Crippen molar-refractivity contribution in [3.05, 3.63) is 98.5 Å². The number of rotatable bonds is 7. The van der Waals surface area contributed by atoms with Crippen molar-refractivity contribution < 1.29 is 37.0 Å². The molecule has 44 heavy (non-hydrogen) atoms. The molecule has 6 rings (SSSR count). The SMILES string of the molecule is COc1ccc(N2C(=O)C3Sc4[nH]c(=O)sc4[C@H](c4cccc(OCC(=O)Nc5ccccc5C(F)(F)F)c4)C3C2=O)cc1. The van der Waals surface area contributed by atoms with Crippen LogP contribution in [0.3, 0.4) is 0 Å². The highest BCUT2D eigenvalue weighted by atomic mass is 32.2. The number of amides is 3. The van der Waals surface area contributed by atoms with Crippen molar-refractivity contribution in [1.82, 2.24) is 4.98 Å². The van der Waals surface area contributed by atoms with Gasteiger partial charge in [-0.25, -0.2) is 4.90 Å². The third-order valence-corrected chi connectivity index (χ3v) is 9.65. The molecule has 2 aliphatic rings. The predicted octanol–water partition coefficient (Wildman–Crippen LogP) is 5.28. The Hall–Kier alpha value is -4.56. The lowest BCUT2D eigenvalue weighted by Gasteiger charge is -2.30. The fraction of sp³-hybridized carbons (Fsp3) is 0.200. The van der Waals surface area contributed by atoms with Gasteiger partial charge in [-0.05, 0) is 54.1 Å². The largest absolute Gasteiger partial charge is 0.497 e. The number of methoxy groups -OCH3 is 1. The van der Waals surface area contributed by atoms with Crippen LogP contribution in [0.4, 0.5) is 24.5 Å². The number of imide groups is 1. The zero-order valence-corrected chi connectivity index (χ0v) is 24.3. The average Bonchev–Trinajstić information content (AvgIpc) is 3.50. The molecule has 3 aromatic carbocycles. The number of benzene rings is 3. The van der Waals surface area contributed by atoms with E-state index >= 15 is 0 Å². The molecule has 0 bridgehead atoms. The normalized spacial score (nSPS) is 19.4. The summed E-state index contributed by atoms with van der Waals surface area (Å²) in [5.41, 5.74) is -0.425. The molecule has 226 valence electrons. The maximum absolute atomic E-state index is 13.9. The lowest BCUT2D eigenvalue weighted by Crippen LogP contribution is -2.32. The van der Waals surface area contributed by atoms with E-state index in [-0.39, 0.29) is 10.6 Å². The second kappa shape index (κ2) is 11.5. The van der Waals surface area contributed by atoms with Crippen LogP contribution >= 0.6 is 23.1 Å². The Labute approximate surface area is 256 Å². The number of hydrogen-bond donors (Lipinski definition) is 2. The van der Waals surface area contributed by atoms with E-state index in [0.29, 0.717) is 26.9 Å². The van der Waals surface area contributed by atoms with Gasteiger partial charge in [0.25, 0.3) is 5.91 Å². The molecule has 1 aromatic heterocycles. The summed E-state index contributed by atoms with van der Waals surface area (Å²) in [7, 11) is 1.51. The lowest BCUT2D eigenvalue weighted by atomic mass is 9.83. The van der Waals surface area contributed by atoms with Gasteiger partial charge in [-0.1, -0.05) is 47.4 Å². The van der Waals surface area contributed by atoms with E-state index < -0.39 is 58.8 Å². The molecule has 14 heteroatoms. The topological polar surface area (TPSA) is 118 Å². The summed E-state index contributed by atoms with van der Waals surface area (Å²) in [5.74, 6) is -2.40. The number of carbonyl (C=O) groups excluding carboxylic acids is 3. The van der Waals surface area contributed by atoms with E-state index in [1.807, 2.05) is 0 Å². The number of thiazole rings is 1. The Balaban J connectivity index is 1.26. The molecule has 0 saturated carbocycles. The van der Waals surface area contributed by atoms with Gasteiger partial charge in [0.2, 0.25) is 11.8 Å². The fourth-order valence-corrected chi connectivity index (χ4v) is 7.85. The summed E-state index contributed by atoms with van der Waals surface area (Å²) in [6.07, 6.45) is -4.65. The smallest absolute Gasteiger partial charge is 0.418 e. The van der Waals surface area contributed by atoms with Crippen molar-refractivity contribution in [1.29, 1.82) is 0 Å². The number of nitrogens with zero attached hydrogens (tertiary/aromatic N) is 1. The number of anilines is 2. The summed E-state index contributed by atoms with van der Waals surface area (Å²) in [4.78, 5) is 56.6. The highest BCUT2D eigenvalue weighted by molar-refractivity contribution is 8.00.